The first-order chi connectivity index (χ1) is 11.5. The standard InChI is InChI=1S/C15H15N5O3S/c1-10-8-14-17-18-15(19(14)11(2)16-10)24-7-6-23-13-5-3-4-12(9-13)20(21)22/h3-5,8-9H,6-7H2,1-2H3. The van der Waals surface area contributed by atoms with Gasteiger partial charge in [0, 0.05) is 23.6 Å². The van der Waals surface area contributed by atoms with Gasteiger partial charge >= 0.3 is 0 Å². The summed E-state index contributed by atoms with van der Waals surface area (Å²) in [5, 5.41) is 19.8. The zero-order valence-electron chi connectivity index (χ0n) is 13.2. The third kappa shape index (κ3) is 3.46. The van der Waals surface area contributed by atoms with Crippen molar-refractivity contribution in [3.63, 3.8) is 0 Å². The first-order valence-corrected chi connectivity index (χ1v) is 8.22. The maximum absolute atomic E-state index is 10.7. The summed E-state index contributed by atoms with van der Waals surface area (Å²) in [6.45, 7) is 4.23. The van der Waals surface area contributed by atoms with Crippen LogP contribution in [0.25, 0.3) is 5.65 Å². The maximum atomic E-state index is 10.7. The number of non-ortho nitro benzene ring substituents is 1. The Kier molecular flexibility index (Phi) is 4.61. The average molecular weight is 345 g/mol. The lowest BCUT2D eigenvalue weighted by Gasteiger charge is -2.06. The highest BCUT2D eigenvalue weighted by atomic mass is 32.2. The van der Waals surface area contributed by atoms with Crippen molar-refractivity contribution in [2.24, 2.45) is 0 Å². The van der Waals surface area contributed by atoms with Gasteiger partial charge in [0.2, 0.25) is 0 Å². The fourth-order valence-electron chi connectivity index (χ4n) is 2.28. The Balaban J connectivity index is 1.61. The lowest BCUT2D eigenvalue weighted by molar-refractivity contribution is -0.384. The van der Waals surface area contributed by atoms with E-state index in [1.807, 2.05) is 24.3 Å². The number of rotatable bonds is 6. The maximum Gasteiger partial charge on any atom is 0.273 e. The van der Waals surface area contributed by atoms with Crippen LogP contribution in [0.2, 0.25) is 0 Å². The summed E-state index contributed by atoms with van der Waals surface area (Å²) in [6, 6.07) is 8.02. The van der Waals surface area contributed by atoms with Gasteiger partial charge in [-0.15, -0.1) is 10.2 Å². The molecule has 0 radical (unpaired) electrons. The number of benzene rings is 1. The van der Waals surface area contributed by atoms with Crippen LogP contribution >= 0.6 is 11.8 Å². The Morgan fingerprint density at radius 1 is 1.29 bits per heavy atom. The predicted molar refractivity (Wildman–Crippen MR) is 89.6 cm³/mol. The van der Waals surface area contributed by atoms with Gasteiger partial charge in [0.25, 0.3) is 5.69 Å². The summed E-state index contributed by atoms with van der Waals surface area (Å²) in [7, 11) is 0. The van der Waals surface area contributed by atoms with Gasteiger partial charge < -0.3 is 4.74 Å². The zero-order chi connectivity index (χ0) is 17.1. The topological polar surface area (TPSA) is 95.5 Å². The van der Waals surface area contributed by atoms with Gasteiger partial charge in [0.15, 0.2) is 10.8 Å². The van der Waals surface area contributed by atoms with E-state index in [-0.39, 0.29) is 5.69 Å². The number of ether oxygens (including phenoxy) is 1. The summed E-state index contributed by atoms with van der Waals surface area (Å²) in [5.41, 5.74) is 1.68. The first kappa shape index (κ1) is 16.2. The molecular formula is C15H15N5O3S. The molecule has 0 aliphatic carbocycles. The summed E-state index contributed by atoms with van der Waals surface area (Å²) in [4.78, 5) is 14.7. The molecule has 0 saturated carbocycles. The van der Waals surface area contributed by atoms with Crippen LogP contribution in [0, 0.1) is 24.0 Å². The van der Waals surface area contributed by atoms with Crippen LogP contribution in [0.4, 0.5) is 5.69 Å². The third-order valence-corrected chi connectivity index (χ3v) is 4.16. The second-order valence-corrected chi connectivity index (χ2v) is 6.13. The van der Waals surface area contributed by atoms with Crippen molar-refractivity contribution in [1.29, 1.82) is 0 Å². The molecule has 0 fully saturated rings. The van der Waals surface area contributed by atoms with E-state index in [1.54, 1.807) is 12.1 Å². The van der Waals surface area contributed by atoms with Gasteiger partial charge in [0.1, 0.15) is 11.6 Å². The van der Waals surface area contributed by atoms with Crippen LogP contribution in [0.5, 0.6) is 5.75 Å². The second kappa shape index (κ2) is 6.83. The van der Waals surface area contributed by atoms with Crippen molar-refractivity contribution < 1.29 is 9.66 Å². The molecule has 0 spiro atoms. The Hall–Kier alpha value is -2.68. The number of thioether (sulfide) groups is 1. The van der Waals surface area contributed by atoms with Crippen molar-refractivity contribution in [2.45, 2.75) is 19.0 Å². The molecule has 9 heteroatoms. The Morgan fingerprint density at radius 2 is 2.12 bits per heavy atom. The highest BCUT2D eigenvalue weighted by molar-refractivity contribution is 7.99. The van der Waals surface area contributed by atoms with E-state index in [0.29, 0.717) is 18.1 Å². The largest absolute Gasteiger partial charge is 0.492 e. The molecule has 0 saturated heterocycles. The van der Waals surface area contributed by atoms with Gasteiger partial charge in [-0.3, -0.25) is 14.5 Å². The van der Waals surface area contributed by atoms with E-state index in [4.69, 9.17) is 4.74 Å². The number of hydrogen-bond donors (Lipinski definition) is 0. The van der Waals surface area contributed by atoms with E-state index >= 15 is 0 Å². The van der Waals surface area contributed by atoms with Gasteiger partial charge in [0.05, 0.1) is 17.6 Å². The molecular weight excluding hydrogens is 330 g/mol. The number of aromatic nitrogens is 4. The highest BCUT2D eigenvalue weighted by Crippen LogP contribution is 2.21. The van der Waals surface area contributed by atoms with E-state index in [0.717, 1.165) is 22.3 Å². The predicted octanol–water partition coefficient (Wildman–Crippen LogP) is 2.82. The van der Waals surface area contributed by atoms with Crippen molar-refractivity contribution in [2.75, 3.05) is 12.4 Å². The van der Waals surface area contributed by atoms with Gasteiger partial charge in [-0.1, -0.05) is 17.8 Å². The lowest BCUT2D eigenvalue weighted by atomic mass is 10.3. The average Bonchev–Trinajstić information content (AvgIpc) is 2.95. The Labute approximate surface area is 142 Å². The molecule has 0 bridgehead atoms. The van der Waals surface area contributed by atoms with Crippen LogP contribution in [0.15, 0.2) is 35.5 Å². The molecule has 0 atom stereocenters. The molecule has 0 aliphatic rings. The lowest BCUT2D eigenvalue weighted by Crippen LogP contribution is -2.03. The van der Waals surface area contributed by atoms with E-state index in [9.17, 15) is 10.1 Å². The number of aryl methyl sites for hydroxylation is 2. The summed E-state index contributed by atoms with van der Waals surface area (Å²) < 4.78 is 7.45. The molecule has 0 N–H and O–H groups in total. The van der Waals surface area contributed by atoms with Gasteiger partial charge in [-0.2, -0.15) is 0 Å². The fraction of sp³-hybridized carbons (Fsp3) is 0.267. The van der Waals surface area contributed by atoms with Gasteiger partial charge in [-0.25, -0.2) is 4.98 Å². The van der Waals surface area contributed by atoms with E-state index in [2.05, 4.69) is 15.2 Å². The van der Waals surface area contributed by atoms with Crippen LogP contribution in [0.1, 0.15) is 11.5 Å². The summed E-state index contributed by atoms with van der Waals surface area (Å²) in [5.74, 6) is 1.94. The molecule has 2 heterocycles. The van der Waals surface area contributed by atoms with Crippen LogP contribution in [0.3, 0.4) is 0 Å². The number of nitro benzene ring substituents is 1. The van der Waals surface area contributed by atoms with Crippen LogP contribution < -0.4 is 4.74 Å². The zero-order valence-corrected chi connectivity index (χ0v) is 14.0. The minimum atomic E-state index is -0.443. The van der Waals surface area contributed by atoms with Gasteiger partial charge in [-0.05, 0) is 19.9 Å². The molecule has 3 rings (SSSR count). The van der Waals surface area contributed by atoms with Crippen molar-refractivity contribution in [3.05, 3.63) is 52.0 Å². The molecule has 3 aromatic rings. The summed E-state index contributed by atoms with van der Waals surface area (Å²) >= 11 is 1.50. The molecule has 0 unspecified atom stereocenters. The summed E-state index contributed by atoms with van der Waals surface area (Å²) in [6.07, 6.45) is 0. The van der Waals surface area contributed by atoms with Crippen molar-refractivity contribution >= 4 is 23.1 Å². The highest BCUT2D eigenvalue weighted by Gasteiger charge is 2.10. The monoisotopic (exact) mass is 345 g/mol. The third-order valence-electron chi connectivity index (χ3n) is 3.27. The quantitative estimate of drug-likeness (QED) is 0.293. The molecule has 2 aromatic heterocycles. The Morgan fingerprint density at radius 3 is 2.92 bits per heavy atom. The number of fused-ring (bicyclic) bond motifs is 1. The SMILES string of the molecule is Cc1cc2nnc(SCCOc3cccc([N+](=O)[O-])c3)n2c(C)n1. The Bertz CT molecular complexity index is 896. The molecule has 0 aliphatic heterocycles. The smallest absolute Gasteiger partial charge is 0.273 e. The normalized spacial score (nSPS) is 10.9. The number of nitro groups is 1. The minimum absolute atomic E-state index is 0.0145. The van der Waals surface area contributed by atoms with Crippen LogP contribution in [-0.2, 0) is 0 Å². The molecule has 8 nitrogen and oxygen atoms in total. The van der Waals surface area contributed by atoms with E-state index < -0.39 is 4.92 Å². The van der Waals surface area contributed by atoms with Crippen molar-refractivity contribution in [1.82, 2.24) is 19.6 Å². The molecule has 24 heavy (non-hydrogen) atoms. The van der Waals surface area contributed by atoms with Crippen molar-refractivity contribution in [3.8, 4) is 5.75 Å². The number of hydrogen-bond acceptors (Lipinski definition) is 7. The molecule has 1 aromatic carbocycles. The minimum Gasteiger partial charge on any atom is -0.492 e. The number of nitrogens with zero attached hydrogens (tertiary/aromatic N) is 5. The molecule has 0 amide bonds. The fourth-order valence-corrected chi connectivity index (χ4v) is 3.08. The molecule has 124 valence electrons. The van der Waals surface area contributed by atoms with Crippen LogP contribution in [-0.4, -0.2) is 36.9 Å². The second-order valence-electron chi connectivity index (χ2n) is 5.07. The van der Waals surface area contributed by atoms with E-state index in [1.165, 1.54) is 23.9 Å². The first-order valence-electron chi connectivity index (χ1n) is 7.24.